The maximum absolute atomic E-state index is 4.57. The number of nitrogens with one attached hydrogen (secondary N) is 1. The smallest absolute Gasteiger partial charge is 0.0694 e. The molecule has 0 spiro atoms. The van der Waals surface area contributed by atoms with Crippen LogP contribution in [0.4, 0.5) is 0 Å². The van der Waals surface area contributed by atoms with Crippen molar-refractivity contribution < 1.29 is 0 Å². The third-order valence-electron chi connectivity index (χ3n) is 3.98. The summed E-state index contributed by atoms with van der Waals surface area (Å²) in [6, 6.07) is 6.99. The molecule has 2 aromatic rings. The van der Waals surface area contributed by atoms with Gasteiger partial charge in [0.1, 0.15) is 0 Å². The van der Waals surface area contributed by atoms with E-state index >= 15 is 0 Å². The number of aromatic nitrogens is 2. The molecule has 1 aromatic heterocycles. The van der Waals surface area contributed by atoms with Crippen molar-refractivity contribution in [3.63, 3.8) is 0 Å². The zero-order valence-electron chi connectivity index (χ0n) is 14.1. The second kappa shape index (κ2) is 6.44. The standard InChI is InChI=1S/C18H27N3/c1-12(2)18-16(11-21(6)20-18)10-19-15(5)17-9-13(3)7-8-14(17)4/h7-9,11-12,15,19H,10H2,1-6H3. The number of hydrogen-bond donors (Lipinski definition) is 1. The third-order valence-corrected chi connectivity index (χ3v) is 3.98. The zero-order valence-corrected chi connectivity index (χ0v) is 14.1. The van der Waals surface area contributed by atoms with Crippen LogP contribution in [0.3, 0.4) is 0 Å². The average molecular weight is 285 g/mol. The van der Waals surface area contributed by atoms with E-state index in [2.05, 4.69) is 69.4 Å². The second-order valence-corrected chi connectivity index (χ2v) is 6.33. The Labute approximate surface area is 128 Å². The lowest BCUT2D eigenvalue weighted by Crippen LogP contribution is -2.19. The molecule has 114 valence electrons. The summed E-state index contributed by atoms with van der Waals surface area (Å²) in [7, 11) is 1.99. The lowest BCUT2D eigenvalue weighted by Gasteiger charge is -2.17. The van der Waals surface area contributed by atoms with E-state index in [4.69, 9.17) is 0 Å². The van der Waals surface area contributed by atoms with E-state index in [0.717, 1.165) is 6.54 Å². The third kappa shape index (κ3) is 3.73. The van der Waals surface area contributed by atoms with Crippen LogP contribution in [-0.2, 0) is 13.6 Å². The van der Waals surface area contributed by atoms with Gasteiger partial charge < -0.3 is 5.32 Å². The molecule has 21 heavy (non-hydrogen) atoms. The van der Waals surface area contributed by atoms with Gasteiger partial charge >= 0.3 is 0 Å². The summed E-state index contributed by atoms with van der Waals surface area (Å²) in [5.41, 5.74) is 6.53. The Morgan fingerprint density at radius 1 is 1.19 bits per heavy atom. The highest BCUT2D eigenvalue weighted by atomic mass is 15.3. The summed E-state index contributed by atoms with van der Waals surface area (Å²) >= 11 is 0. The van der Waals surface area contributed by atoms with Gasteiger partial charge in [0, 0.05) is 31.4 Å². The van der Waals surface area contributed by atoms with E-state index < -0.39 is 0 Å². The van der Waals surface area contributed by atoms with Gasteiger partial charge in [-0.1, -0.05) is 37.6 Å². The molecule has 0 saturated heterocycles. The first-order chi connectivity index (χ1) is 9.88. The molecule has 0 saturated carbocycles. The molecule has 0 bridgehead atoms. The highest BCUT2D eigenvalue weighted by Gasteiger charge is 2.13. The predicted molar refractivity (Wildman–Crippen MR) is 88.5 cm³/mol. The number of benzene rings is 1. The summed E-state index contributed by atoms with van der Waals surface area (Å²) in [5.74, 6) is 0.457. The van der Waals surface area contributed by atoms with Crippen molar-refractivity contribution in [2.24, 2.45) is 7.05 Å². The fourth-order valence-electron chi connectivity index (χ4n) is 2.78. The van der Waals surface area contributed by atoms with Crippen LogP contribution in [0.1, 0.15) is 60.7 Å². The van der Waals surface area contributed by atoms with Gasteiger partial charge in [-0.25, -0.2) is 0 Å². The molecule has 0 aliphatic rings. The maximum atomic E-state index is 4.57. The van der Waals surface area contributed by atoms with Gasteiger partial charge in [0.2, 0.25) is 0 Å². The first-order valence-electron chi connectivity index (χ1n) is 7.71. The van der Waals surface area contributed by atoms with Crippen LogP contribution in [-0.4, -0.2) is 9.78 Å². The van der Waals surface area contributed by atoms with E-state index in [1.807, 2.05) is 11.7 Å². The molecule has 1 aromatic carbocycles. The normalized spacial score (nSPS) is 12.9. The minimum Gasteiger partial charge on any atom is -0.306 e. The molecule has 0 aliphatic heterocycles. The Hall–Kier alpha value is -1.61. The Balaban J connectivity index is 2.11. The van der Waals surface area contributed by atoms with E-state index in [0.29, 0.717) is 12.0 Å². The SMILES string of the molecule is Cc1ccc(C)c(C(C)NCc2cn(C)nc2C(C)C)c1. The summed E-state index contributed by atoms with van der Waals surface area (Å²) < 4.78 is 1.91. The monoisotopic (exact) mass is 285 g/mol. The van der Waals surface area contributed by atoms with Gasteiger partial charge in [0.15, 0.2) is 0 Å². The molecule has 3 heteroatoms. The summed E-state index contributed by atoms with van der Waals surface area (Å²) in [6.07, 6.45) is 2.12. The van der Waals surface area contributed by atoms with Crippen molar-refractivity contribution in [3.05, 3.63) is 52.3 Å². The number of nitrogens with zero attached hydrogens (tertiary/aromatic N) is 2. The lowest BCUT2D eigenvalue weighted by molar-refractivity contribution is 0.568. The summed E-state index contributed by atoms with van der Waals surface area (Å²) in [4.78, 5) is 0. The predicted octanol–water partition coefficient (Wildman–Crippen LogP) is 4.01. The fourth-order valence-corrected chi connectivity index (χ4v) is 2.78. The van der Waals surface area contributed by atoms with Crippen LogP contribution in [0, 0.1) is 13.8 Å². The zero-order chi connectivity index (χ0) is 15.6. The van der Waals surface area contributed by atoms with E-state index in [-0.39, 0.29) is 0 Å². The van der Waals surface area contributed by atoms with Crippen LogP contribution in [0.15, 0.2) is 24.4 Å². The highest BCUT2D eigenvalue weighted by molar-refractivity contribution is 5.33. The molecule has 1 heterocycles. The van der Waals surface area contributed by atoms with Crippen molar-refractivity contribution in [2.75, 3.05) is 0 Å². The van der Waals surface area contributed by atoms with Gasteiger partial charge in [-0.15, -0.1) is 0 Å². The molecular weight excluding hydrogens is 258 g/mol. The first-order valence-corrected chi connectivity index (χ1v) is 7.71. The molecule has 1 unspecified atom stereocenters. The molecule has 1 N–H and O–H groups in total. The fraction of sp³-hybridized carbons (Fsp3) is 0.500. The Morgan fingerprint density at radius 3 is 2.57 bits per heavy atom. The Kier molecular flexibility index (Phi) is 4.84. The first kappa shape index (κ1) is 15.8. The van der Waals surface area contributed by atoms with Gasteiger partial charge in [0.25, 0.3) is 0 Å². The van der Waals surface area contributed by atoms with Crippen LogP contribution < -0.4 is 5.32 Å². The van der Waals surface area contributed by atoms with E-state index in [9.17, 15) is 0 Å². The molecule has 2 rings (SSSR count). The average Bonchev–Trinajstić information content (AvgIpc) is 2.80. The Bertz CT molecular complexity index is 611. The number of rotatable bonds is 5. The van der Waals surface area contributed by atoms with Crippen LogP contribution >= 0.6 is 0 Å². The summed E-state index contributed by atoms with van der Waals surface area (Å²) in [5, 5.41) is 8.21. The molecular formula is C18H27N3. The molecule has 0 aliphatic carbocycles. The molecule has 0 radical (unpaired) electrons. The quantitative estimate of drug-likeness (QED) is 0.899. The van der Waals surface area contributed by atoms with Crippen LogP contribution in [0.25, 0.3) is 0 Å². The molecule has 0 amide bonds. The van der Waals surface area contributed by atoms with Gasteiger partial charge in [0.05, 0.1) is 5.69 Å². The van der Waals surface area contributed by atoms with Crippen molar-refractivity contribution in [1.82, 2.24) is 15.1 Å². The number of aryl methyl sites for hydroxylation is 3. The van der Waals surface area contributed by atoms with Crippen molar-refractivity contribution in [1.29, 1.82) is 0 Å². The van der Waals surface area contributed by atoms with E-state index in [1.165, 1.54) is 27.9 Å². The second-order valence-electron chi connectivity index (χ2n) is 6.33. The Morgan fingerprint density at radius 2 is 1.90 bits per heavy atom. The largest absolute Gasteiger partial charge is 0.306 e. The molecule has 0 fully saturated rings. The van der Waals surface area contributed by atoms with Gasteiger partial charge in [-0.2, -0.15) is 5.10 Å². The lowest BCUT2D eigenvalue weighted by atomic mass is 9.99. The van der Waals surface area contributed by atoms with Gasteiger partial charge in [-0.05, 0) is 37.8 Å². The summed E-state index contributed by atoms with van der Waals surface area (Å²) in [6.45, 7) is 11.8. The highest BCUT2D eigenvalue weighted by Crippen LogP contribution is 2.21. The maximum Gasteiger partial charge on any atom is 0.0694 e. The van der Waals surface area contributed by atoms with Gasteiger partial charge in [-0.3, -0.25) is 4.68 Å². The van der Waals surface area contributed by atoms with Crippen molar-refractivity contribution >= 4 is 0 Å². The van der Waals surface area contributed by atoms with Crippen molar-refractivity contribution in [3.8, 4) is 0 Å². The minimum atomic E-state index is 0.338. The van der Waals surface area contributed by atoms with Crippen LogP contribution in [0.2, 0.25) is 0 Å². The van der Waals surface area contributed by atoms with Crippen molar-refractivity contribution in [2.45, 2.75) is 53.1 Å². The molecule has 3 nitrogen and oxygen atoms in total. The van der Waals surface area contributed by atoms with E-state index in [1.54, 1.807) is 0 Å². The molecule has 1 atom stereocenters. The minimum absolute atomic E-state index is 0.338. The van der Waals surface area contributed by atoms with Crippen LogP contribution in [0.5, 0.6) is 0 Å². The topological polar surface area (TPSA) is 29.9 Å². The number of hydrogen-bond acceptors (Lipinski definition) is 2.